The zero-order valence-corrected chi connectivity index (χ0v) is 18.9. The first-order valence-electron chi connectivity index (χ1n) is 9.81. The molecule has 7 nitrogen and oxygen atoms in total. The first kappa shape index (κ1) is 22.6. The predicted molar refractivity (Wildman–Crippen MR) is 129 cm³/mol. The van der Waals surface area contributed by atoms with Crippen LogP contribution in [-0.4, -0.2) is 23.6 Å². The number of aryl methyl sites for hydroxylation is 2. The molecular formula is C22H25N5O2S2. The number of nitrogens with zero attached hydrogens (tertiary/aromatic N) is 2. The Morgan fingerprint density at radius 1 is 1.10 bits per heavy atom. The molecule has 9 heteroatoms. The number of thiazole rings is 1. The summed E-state index contributed by atoms with van der Waals surface area (Å²) in [5, 5.41) is 3.26. The molecular weight excluding hydrogens is 430 g/mol. The van der Waals surface area contributed by atoms with Crippen LogP contribution in [0.15, 0.2) is 58.4 Å². The van der Waals surface area contributed by atoms with Crippen LogP contribution in [0.1, 0.15) is 28.6 Å². The van der Waals surface area contributed by atoms with Gasteiger partial charge >= 0.3 is 6.09 Å². The molecule has 0 atom stereocenters. The lowest BCUT2D eigenvalue weighted by molar-refractivity contribution is 0.168. The first-order chi connectivity index (χ1) is 14.9. The zero-order valence-electron chi connectivity index (χ0n) is 17.2. The van der Waals surface area contributed by atoms with E-state index in [1.165, 1.54) is 11.3 Å². The van der Waals surface area contributed by atoms with Crippen molar-refractivity contribution in [3.8, 4) is 0 Å². The highest BCUT2D eigenvalue weighted by molar-refractivity contribution is 7.80. The summed E-state index contributed by atoms with van der Waals surface area (Å²) in [5.74, 6) is 0.0347. The molecule has 0 saturated heterocycles. The predicted octanol–water partition coefficient (Wildman–Crippen LogP) is 4.28. The van der Waals surface area contributed by atoms with E-state index in [0.717, 1.165) is 45.9 Å². The maximum Gasteiger partial charge on any atom is 0.413 e. The zero-order chi connectivity index (χ0) is 22.2. The normalized spacial score (nSPS) is 10.5. The van der Waals surface area contributed by atoms with Gasteiger partial charge in [0.2, 0.25) is 0 Å². The average molecular weight is 456 g/mol. The molecule has 0 aliphatic carbocycles. The number of carbonyl (C=O) groups excluding carboxylic acids is 1. The minimum atomic E-state index is -0.496. The number of hydrogen-bond acceptors (Lipinski definition) is 6. The molecule has 3 aromatic rings. The van der Waals surface area contributed by atoms with E-state index in [0.29, 0.717) is 17.4 Å². The Bertz CT molecular complexity index is 1040. The molecule has 5 N–H and O–H groups in total. The Morgan fingerprint density at radius 3 is 2.42 bits per heavy atom. The van der Waals surface area contributed by atoms with Crippen molar-refractivity contribution in [3.63, 3.8) is 0 Å². The summed E-state index contributed by atoms with van der Waals surface area (Å²) < 4.78 is 4.97. The standard InChI is InChI=1S/C22H25N5O2S2/c1-2-29-22(28)27-21-26-18(19(31-21)13-15-5-10-17(30)11-6-15)12-7-14-3-8-16(9-4-14)25-20(23)24/h3-6,8-11,30H,2,7,12-13H2,1H3,(H4,23,24,25)(H,26,27,28). The lowest BCUT2D eigenvalue weighted by Gasteiger charge is -2.05. The van der Waals surface area contributed by atoms with Crippen molar-refractivity contribution in [3.05, 3.63) is 70.2 Å². The number of benzene rings is 2. The number of thiol groups is 1. The van der Waals surface area contributed by atoms with Gasteiger partial charge in [0, 0.05) is 16.2 Å². The number of carbonyl (C=O) groups is 1. The van der Waals surface area contributed by atoms with Crippen LogP contribution in [-0.2, 0) is 24.0 Å². The molecule has 2 aromatic carbocycles. The SMILES string of the molecule is CCOC(=O)Nc1nc(CCc2ccc(N=C(N)N)cc2)c(Cc2ccc(S)cc2)s1. The molecule has 0 aliphatic rings. The van der Waals surface area contributed by atoms with Crippen LogP contribution in [0.3, 0.4) is 0 Å². The summed E-state index contributed by atoms with van der Waals surface area (Å²) in [7, 11) is 0. The number of guanidine groups is 1. The number of nitrogens with one attached hydrogen (secondary N) is 1. The van der Waals surface area contributed by atoms with Crippen LogP contribution >= 0.6 is 24.0 Å². The molecule has 1 amide bonds. The van der Waals surface area contributed by atoms with Gasteiger partial charge in [-0.05, 0) is 55.2 Å². The van der Waals surface area contributed by atoms with Gasteiger partial charge in [-0.3, -0.25) is 5.32 Å². The number of rotatable bonds is 8. The number of hydrogen-bond donors (Lipinski definition) is 4. The van der Waals surface area contributed by atoms with Crippen molar-refractivity contribution >= 4 is 46.8 Å². The highest BCUT2D eigenvalue weighted by Gasteiger charge is 2.14. The van der Waals surface area contributed by atoms with Gasteiger partial charge in [-0.25, -0.2) is 14.8 Å². The van der Waals surface area contributed by atoms with Crippen LogP contribution in [0.25, 0.3) is 0 Å². The molecule has 3 rings (SSSR count). The van der Waals surface area contributed by atoms with E-state index in [2.05, 4.69) is 27.9 Å². The average Bonchev–Trinajstić information content (AvgIpc) is 3.10. The fourth-order valence-electron chi connectivity index (χ4n) is 2.97. The van der Waals surface area contributed by atoms with Crippen molar-refractivity contribution in [2.45, 2.75) is 31.1 Å². The minimum absolute atomic E-state index is 0.0347. The van der Waals surface area contributed by atoms with Crippen molar-refractivity contribution in [2.24, 2.45) is 16.5 Å². The summed E-state index contributed by atoms with van der Waals surface area (Å²) in [6.45, 7) is 2.07. The molecule has 0 spiro atoms. The number of ether oxygens (including phenoxy) is 1. The second kappa shape index (κ2) is 10.8. The van der Waals surface area contributed by atoms with E-state index in [9.17, 15) is 4.79 Å². The lowest BCUT2D eigenvalue weighted by Crippen LogP contribution is -2.21. The van der Waals surface area contributed by atoms with Crippen LogP contribution in [0.4, 0.5) is 15.6 Å². The van der Waals surface area contributed by atoms with Crippen molar-refractivity contribution in [1.82, 2.24) is 4.98 Å². The van der Waals surface area contributed by atoms with E-state index in [4.69, 9.17) is 16.2 Å². The highest BCUT2D eigenvalue weighted by Crippen LogP contribution is 2.28. The topological polar surface area (TPSA) is 116 Å². The van der Waals surface area contributed by atoms with Crippen molar-refractivity contribution in [2.75, 3.05) is 11.9 Å². The first-order valence-corrected chi connectivity index (χ1v) is 11.1. The van der Waals surface area contributed by atoms with Gasteiger partial charge in [-0.15, -0.1) is 24.0 Å². The highest BCUT2D eigenvalue weighted by atomic mass is 32.1. The van der Waals surface area contributed by atoms with E-state index in [1.807, 2.05) is 48.5 Å². The number of aromatic nitrogens is 1. The third kappa shape index (κ3) is 7.01. The third-order valence-corrected chi connectivity index (χ3v) is 5.72. The number of anilines is 1. The van der Waals surface area contributed by atoms with Crippen molar-refractivity contribution in [1.29, 1.82) is 0 Å². The van der Waals surface area contributed by atoms with Gasteiger partial charge in [0.25, 0.3) is 0 Å². The summed E-state index contributed by atoms with van der Waals surface area (Å²) in [6, 6.07) is 15.8. The van der Waals surface area contributed by atoms with E-state index in [-0.39, 0.29) is 5.96 Å². The quantitative estimate of drug-likeness (QED) is 0.230. The minimum Gasteiger partial charge on any atom is -0.450 e. The number of nitrogens with two attached hydrogens (primary N) is 2. The smallest absolute Gasteiger partial charge is 0.413 e. The molecule has 0 radical (unpaired) electrons. The maximum atomic E-state index is 11.8. The third-order valence-electron chi connectivity index (χ3n) is 4.41. The fraction of sp³-hybridized carbons (Fsp3) is 0.227. The molecule has 0 bridgehead atoms. The monoisotopic (exact) mass is 455 g/mol. The molecule has 31 heavy (non-hydrogen) atoms. The van der Waals surface area contributed by atoms with Gasteiger partial charge in [0.05, 0.1) is 18.0 Å². The van der Waals surface area contributed by atoms with E-state index >= 15 is 0 Å². The van der Waals surface area contributed by atoms with E-state index in [1.54, 1.807) is 6.92 Å². The van der Waals surface area contributed by atoms with E-state index < -0.39 is 6.09 Å². The van der Waals surface area contributed by atoms with Crippen molar-refractivity contribution < 1.29 is 9.53 Å². The van der Waals surface area contributed by atoms with Gasteiger partial charge in [0.1, 0.15) is 0 Å². The Balaban J connectivity index is 1.75. The number of aliphatic imine (C=N–C) groups is 1. The lowest BCUT2D eigenvalue weighted by atomic mass is 10.0. The van der Waals surface area contributed by atoms with Gasteiger partial charge in [-0.2, -0.15) is 0 Å². The van der Waals surface area contributed by atoms with Crippen LogP contribution in [0.2, 0.25) is 0 Å². The van der Waals surface area contributed by atoms with Gasteiger partial charge in [-0.1, -0.05) is 24.3 Å². The molecule has 1 aromatic heterocycles. The maximum absolute atomic E-state index is 11.8. The molecule has 0 unspecified atom stereocenters. The Labute approximate surface area is 191 Å². The molecule has 0 fully saturated rings. The molecule has 0 aliphatic heterocycles. The molecule has 162 valence electrons. The van der Waals surface area contributed by atoms with Gasteiger partial charge < -0.3 is 16.2 Å². The Kier molecular flexibility index (Phi) is 7.91. The second-order valence-electron chi connectivity index (χ2n) is 6.78. The van der Waals surface area contributed by atoms with Crippen LogP contribution in [0.5, 0.6) is 0 Å². The van der Waals surface area contributed by atoms with Crippen LogP contribution < -0.4 is 16.8 Å². The summed E-state index contributed by atoms with van der Waals surface area (Å²) in [6.07, 6.45) is 1.77. The Hall–Kier alpha value is -3.04. The largest absolute Gasteiger partial charge is 0.450 e. The Morgan fingerprint density at radius 2 is 1.77 bits per heavy atom. The van der Waals surface area contributed by atoms with Gasteiger partial charge in [0.15, 0.2) is 11.1 Å². The summed E-state index contributed by atoms with van der Waals surface area (Å²) in [5.41, 5.74) is 14.8. The molecule has 1 heterocycles. The number of amides is 1. The molecule has 0 saturated carbocycles. The summed E-state index contributed by atoms with van der Waals surface area (Å²) in [4.78, 5) is 22.5. The van der Waals surface area contributed by atoms with Crippen LogP contribution in [0, 0.1) is 0 Å². The second-order valence-corrected chi connectivity index (χ2v) is 8.38. The summed E-state index contributed by atoms with van der Waals surface area (Å²) >= 11 is 5.82. The fourth-order valence-corrected chi connectivity index (χ4v) is 4.15.